The fourth-order valence-corrected chi connectivity index (χ4v) is 3.11. The van der Waals surface area contributed by atoms with E-state index in [0.717, 1.165) is 45.8 Å². The molecule has 2 aliphatic rings. The molecule has 0 aromatic rings. The van der Waals surface area contributed by atoms with Gasteiger partial charge in [0.1, 0.15) is 0 Å². The molecule has 2 heterocycles. The van der Waals surface area contributed by atoms with Crippen LogP contribution in [0.4, 0.5) is 4.79 Å². The van der Waals surface area contributed by atoms with Crippen molar-refractivity contribution >= 4 is 6.03 Å². The molecule has 0 spiro atoms. The highest BCUT2D eigenvalue weighted by molar-refractivity contribution is 5.74. The predicted molar refractivity (Wildman–Crippen MR) is 102 cm³/mol. The van der Waals surface area contributed by atoms with Gasteiger partial charge in [-0.15, -0.1) is 0 Å². The quantitative estimate of drug-likeness (QED) is 0.773. The van der Waals surface area contributed by atoms with Gasteiger partial charge < -0.3 is 24.5 Å². The van der Waals surface area contributed by atoms with Crippen LogP contribution in [0, 0.1) is 0 Å². The predicted octanol–water partition coefficient (Wildman–Crippen LogP) is 1.34. The van der Waals surface area contributed by atoms with Gasteiger partial charge in [0.25, 0.3) is 0 Å². The Bertz CT molecular complexity index is 332. The minimum atomic E-state index is 0.204. The summed E-state index contributed by atoms with van der Waals surface area (Å²) < 4.78 is 0. The number of rotatable bonds is 4. The maximum Gasteiger partial charge on any atom is 0.320 e. The van der Waals surface area contributed by atoms with Crippen molar-refractivity contribution in [2.75, 3.05) is 85.6 Å². The molecule has 0 bridgehead atoms. The Labute approximate surface area is 149 Å². The first-order chi connectivity index (χ1) is 11.5. The number of piperazine rings is 2. The van der Waals surface area contributed by atoms with Crippen molar-refractivity contribution in [3.63, 3.8) is 0 Å². The third-order valence-corrected chi connectivity index (χ3v) is 5.17. The number of carbonyl (C=O) groups is 1. The standard InChI is InChI=1S/C11H23N3O.C7H16N2/c1-4-12-7-9-14(10-8-12)11(15)13(5-2)6-3;1-3-9-6-4-8(2)5-7-9/h4-10H2,1-3H3;3-7H2,1-2H3. The van der Waals surface area contributed by atoms with E-state index >= 15 is 0 Å². The Morgan fingerprint density at radius 1 is 0.750 bits per heavy atom. The fraction of sp³-hybridized carbons (Fsp3) is 0.944. The molecule has 6 heteroatoms. The van der Waals surface area contributed by atoms with Crippen molar-refractivity contribution in [1.29, 1.82) is 0 Å². The Morgan fingerprint density at radius 2 is 1.17 bits per heavy atom. The molecule has 2 aliphatic heterocycles. The zero-order valence-corrected chi connectivity index (χ0v) is 16.6. The smallest absolute Gasteiger partial charge is 0.320 e. The average Bonchev–Trinajstić information content (AvgIpc) is 2.64. The molecule has 0 atom stereocenters. The lowest BCUT2D eigenvalue weighted by Gasteiger charge is -2.36. The highest BCUT2D eigenvalue weighted by atomic mass is 16.2. The Hall–Kier alpha value is -0.850. The van der Waals surface area contributed by atoms with E-state index in [4.69, 9.17) is 0 Å². The monoisotopic (exact) mass is 341 g/mol. The van der Waals surface area contributed by atoms with Crippen LogP contribution in [-0.2, 0) is 0 Å². The lowest BCUT2D eigenvalue weighted by molar-refractivity contribution is 0.117. The van der Waals surface area contributed by atoms with Gasteiger partial charge in [-0.3, -0.25) is 0 Å². The molecule has 0 aromatic heterocycles. The molecule has 24 heavy (non-hydrogen) atoms. The summed E-state index contributed by atoms with van der Waals surface area (Å²) in [6.07, 6.45) is 0. The van der Waals surface area contributed by atoms with Crippen LogP contribution in [-0.4, -0.2) is 116 Å². The number of hydrogen-bond donors (Lipinski definition) is 0. The molecule has 142 valence electrons. The Morgan fingerprint density at radius 3 is 1.54 bits per heavy atom. The molecular weight excluding hydrogens is 302 g/mol. The van der Waals surface area contributed by atoms with Gasteiger partial charge in [0.15, 0.2) is 0 Å². The van der Waals surface area contributed by atoms with Crippen molar-refractivity contribution < 1.29 is 4.79 Å². The molecular formula is C18H39N5O. The molecule has 2 saturated heterocycles. The zero-order valence-electron chi connectivity index (χ0n) is 16.6. The van der Waals surface area contributed by atoms with Gasteiger partial charge in [-0.05, 0) is 34.0 Å². The number of nitrogens with zero attached hydrogens (tertiary/aromatic N) is 5. The van der Waals surface area contributed by atoms with Crippen molar-refractivity contribution in [2.45, 2.75) is 27.7 Å². The van der Waals surface area contributed by atoms with E-state index in [0.29, 0.717) is 0 Å². The van der Waals surface area contributed by atoms with E-state index in [9.17, 15) is 4.79 Å². The summed E-state index contributed by atoms with van der Waals surface area (Å²) in [6, 6.07) is 0.204. The van der Waals surface area contributed by atoms with Gasteiger partial charge in [0, 0.05) is 65.4 Å². The molecule has 2 fully saturated rings. The second-order valence-electron chi connectivity index (χ2n) is 6.61. The lowest BCUT2D eigenvalue weighted by atomic mass is 10.3. The fourth-order valence-electron chi connectivity index (χ4n) is 3.11. The largest absolute Gasteiger partial charge is 0.325 e. The van der Waals surface area contributed by atoms with Gasteiger partial charge >= 0.3 is 6.03 Å². The first-order valence-electron chi connectivity index (χ1n) is 9.72. The number of likely N-dealkylation sites (N-methyl/N-ethyl adjacent to an activating group) is 3. The first kappa shape index (κ1) is 21.2. The summed E-state index contributed by atoms with van der Waals surface area (Å²) in [6.45, 7) is 21.2. The third-order valence-electron chi connectivity index (χ3n) is 5.17. The van der Waals surface area contributed by atoms with Gasteiger partial charge in [-0.1, -0.05) is 13.8 Å². The minimum Gasteiger partial charge on any atom is -0.325 e. The van der Waals surface area contributed by atoms with Crippen LogP contribution in [0.2, 0.25) is 0 Å². The van der Waals surface area contributed by atoms with E-state index in [2.05, 4.69) is 35.6 Å². The van der Waals surface area contributed by atoms with Crippen molar-refractivity contribution in [3.8, 4) is 0 Å². The molecule has 0 aliphatic carbocycles. The van der Waals surface area contributed by atoms with Crippen LogP contribution in [0.15, 0.2) is 0 Å². The number of urea groups is 1. The average molecular weight is 342 g/mol. The zero-order chi connectivity index (χ0) is 17.9. The summed E-state index contributed by atoms with van der Waals surface area (Å²) in [5.41, 5.74) is 0. The van der Waals surface area contributed by atoms with Gasteiger partial charge in [-0.2, -0.15) is 0 Å². The van der Waals surface area contributed by atoms with Crippen LogP contribution in [0.5, 0.6) is 0 Å². The minimum absolute atomic E-state index is 0.204. The summed E-state index contributed by atoms with van der Waals surface area (Å²) in [5, 5.41) is 0. The van der Waals surface area contributed by atoms with E-state index in [-0.39, 0.29) is 6.03 Å². The molecule has 0 aromatic carbocycles. The van der Waals surface area contributed by atoms with Crippen LogP contribution in [0.1, 0.15) is 27.7 Å². The van der Waals surface area contributed by atoms with E-state index in [1.807, 2.05) is 23.6 Å². The number of amides is 2. The van der Waals surface area contributed by atoms with E-state index in [1.165, 1.54) is 32.7 Å². The molecule has 2 amide bonds. The first-order valence-corrected chi connectivity index (χ1v) is 9.72. The summed E-state index contributed by atoms with van der Waals surface area (Å²) in [7, 11) is 2.19. The van der Waals surface area contributed by atoms with Gasteiger partial charge in [0.2, 0.25) is 0 Å². The number of hydrogen-bond acceptors (Lipinski definition) is 4. The van der Waals surface area contributed by atoms with Crippen LogP contribution in [0.25, 0.3) is 0 Å². The highest BCUT2D eigenvalue weighted by Crippen LogP contribution is 2.05. The van der Waals surface area contributed by atoms with Crippen LogP contribution < -0.4 is 0 Å². The van der Waals surface area contributed by atoms with E-state index < -0.39 is 0 Å². The second-order valence-corrected chi connectivity index (χ2v) is 6.61. The Balaban J connectivity index is 0.000000272. The maximum atomic E-state index is 12.0. The molecule has 0 radical (unpaired) electrons. The van der Waals surface area contributed by atoms with Gasteiger partial charge in [0.05, 0.1) is 0 Å². The summed E-state index contributed by atoms with van der Waals surface area (Å²) >= 11 is 0. The lowest BCUT2D eigenvalue weighted by Crippen LogP contribution is -2.52. The molecule has 0 saturated carbocycles. The third kappa shape index (κ3) is 6.95. The summed E-state index contributed by atoms with van der Waals surface area (Å²) in [4.78, 5) is 23.1. The van der Waals surface area contributed by atoms with E-state index in [1.54, 1.807) is 0 Å². The Kier molecular flexibility index (Phi) is 10.3. The van der Waals surface area contributed by atoms with Crippen LogP contribution in [0.3, 0.4) is 0 Å². The molecule has 2 rings (SSSR count). The van der Waals surface area contributed by atoms with Gasteiger partial charge in [-0.25, -0.2) is 4.79 Å². The van der Waals surface area contributed by atoms with Crippen molar-refractivity contribution in [1.82, 2.24) is 24.5 Å². The SMILES string of the molecule is CCN1CCN(C(=O)N(CC)CC)CC1.CCN1CCN(C)CC1. The van der Waals surface area contributed by atoms with Crippen LogP contribution >= 0.6 is 0 Å². The number of carbonyl (C=O) groups excluding carboxylic acids is 1. The summed E-state index contributed by atoms with van der Waals surface area (Å²) in [5.74, 6) is 0. The molecule has 0 unspecified atom stereocenters. The highest BCUT2D eigenvalue weighted by Gasteiger charge is 2.22. The normalized spacial score (nSPS) is 20.5. The molecule has 0 N–H and O–H groups in total. The van der Waals surface area contributed by atoms with Crippen molar-refractivity contribution in [2.24, 2.45) is 0 Å². The molecule has 6 nitrogen and oxygen atoms in total. The maximum absolute atomic E-state index is 12.0. The second kappa shape index (κ2) is 11.7. The topological polar surface area (TPSA) is 33.3 Å². The van der Waals surface area contributed by atoms with Crippen molar-refractivity contribution in [3.05, 3.63) is 0 Å².